The maximum Gasteiger partial charge on any atom is 0.239 e. The highest BCUT2D eigenvalue weighted by atomic mass is 16.1. The van der Waals surface area contributed by atoms with Gasteiger partial charge in [0, 0.05) is 12.2 Å². The lowest BCUT2D eigenvalue weighted by atomic mass is 10.0. The molecule has 0 aliphatic heterocycles. The van der Waals surface area contributed by atoms with Crippen molar-refractivity contribution in [2.24, 2.45) is 0 Å². The zero-order valence-electron chi connectivity index (χ0n) is 13.7. The first-order valence-electron chi connectivity index (χ1n) is 8.24. The van der Waals surface area contributed by atoms with Gasteiger partial charge >= 0.3 is 0 Å². The van der Waals surface area contributed by atoms with Crippen LogP contribution in [0.2, 0.25) is 0 Å². The van der Waals surface area contributed by atoms with E-state index in [0.29, 0.717) is 12.5 Å². The van der Waals surface area contributed by atoms with Gasteiger partial charge in [-0.25, -0.2) is 0 Å². The molecule has 0 spiro atoms. The molecule has 0 heterocycles. The second kappa shape index (κ2) is 10.3. The standard InChI is InChI=1S/C18H30N2O/c1-4-5-6-7-10-13-19-18(21)14-20-17-12-9-8-11-16(17)15(2)3/h8-9,11-12,15,20H,4-7,10,13-14H2,1-3H3,(H,19,21). The minimum absolute atomic E-state index is 0.0732. The third kappa shape index (κ3) is 7.16. The van der Waals surface area contributed by atoms with Crippen LogP contribution in [0.4, 0.5) is 5.69 Å². The summed E-state index contributed by atoms with van der Waals surface area (Å²) < 4.78 is 0. The van der Waals surface area contributed by atoms with Gasteiger partial charge < -0.3 is 10.6 Å². The summed E-state index contributed by atoms with van der Waals surface area (Å²) in [6.07, 6.45) is 6.10. The van der Waals surface area contributed by atoms with E-state index in [1.54, 1.807) is 0 Å². The van der Waals surface area contributed by atoms with Crippen molar-refractivity contribution in [1.29, 1.82) is 0 Å². The van der Waals surface area contributed by atoms with E-state index >= 15 is 0 Å². The van der Waals surface area contributed by atoms with Crippen molar-refractivity contribution in [2.45, 2.75) is 58.8 Å². The summed E-state index contributed by atoms with van der Waals surface area (Å²) in [6, 6.07) is 8.18. The number of para-hydroxylation sites is 1. The quantitative estimate of drug-likeness (QED) is 0.630. The van der Waals surface area contributed by atoms with Crippen LogP contribution in [0.15, 0.2) is 24.3 Å². The highest BCUT2D eigenvalue weighted by Crippen LogP contribution is 2.23. The highest BCUT2D eigenvalue weighted by molar-refractivity contribution is 5.80. The number of unbranched alkanes of at least 4 members (excludes halogenated alkanes) is 4. The number of amides is 1. The molecule has 0 saturated heterocycles. The second-order valence-corrected chi connectivity index (χ2v) is 5.86. The van der Waals surface area contributed by atoms with Crippen molar-refractivity contribution in [3.63, 3.8) is 0 Å². The van der Waals surface area contributed by atoms with Crippen LogP contribution in [0.1, 0.15) is 64.4 Å². The monoisotopic (exact) mass is 290 g/mol. The van der Waals surface area contributed by atoms with Gasteiger partial charge in [0.25, 0.3) is 0 Å². The molecular weight excluding hydrogens is 260 g/mol. The molecule has 0 bridgehead atoms. The van der Waals surface area contributed by atoms with Gasteiger partial charge in [-0.3, -0.25) is 4.79 Å². The van der Waals surface area contributed by atoms with E-state index in [2.05, 4.69) is 37.5 Å². The maximum atomic E-state index is 11.8. The Hall–Kier alpha value is -1.51. The van der Waals surface area contributed by atoms with E-state index in [4.69, 9.17) is 0 Å². The lowest BCUT2D eigenvalue weighted by Crippen LogP contribution is -2.30. The topological polar surface area (TPSA) is 41.1 Å². The summed E-state index contributed by atoms with van der Waals surface area (Å²) in [6.45, 7) is 7.67. The Kier molecular flexibility index (Phi) is 8.56. The molecule has 0 unspecified atom stereocenters. The molecule has 0 radical (unpaired) electrons. The molecular formula is C18H30N2O. The number of anilines is 1. The molecule has 0 fully saturated rings. The minimum Gasteiger partial charge on any atom is -0.376 e. The molecule has 3 nitrogen and oxygen atoms in total. The third-order valence-electron chi connectivity index (χ3n) is 3.62. The lowest BCUT2D eigenvalue weighted by molar-refractivity contribution is -0.119. The zero-order valence-corrected chi connectivity index (χ0v) is 13.7. The van der Waals surface area contributed by atoms with Crippen molar-refractivity contribution >= 4 is 11.6 Å². The number of carbonyl (C=O) groups is 1. The molecule has 1 aromatic rings. The van der Waals surface area contributed by atoms with Gasteiger partial charge in [0.15, 0.2) is 0 Å². The van der Waals surface area contributed by atoms with Crippen LogP contribution in [0.5, 0.6) is 0 Å². The number of rotatable bonds is 10. The van der Waals surface area contributed by atoms with Crippen LogP contribution < -0.4 is 10.6 Å². The summed E-state index contributed by atoms with van der Waals surface area (Å²) in [5.41, 5.74) is 2.32. The second-order valence-electron chi connectivity index (χ2n) is 5.86. The summed E-state index contributed by atoms with van der Waals surface area (Å²) in [7, 11) is 0. The molecule has 1 rings (SSSR count). The number of carbonyl (C=O) groups excluding carboxylic acids is 1. The first-order valence-corrected chi connectivity index (χ1v) is 8.24. The molecule has 3 heteroatoms. The number of benzene rings is 1. The van der Waals surface area contributed by atoms with Crippen LogP contribution in [0.25, 0.3) is 0 Å². The van der Waals surface area contributed by atoms with Crippen LogP contribution in [0, 0.1) is 0 Å². The van der Waals surface area contributed by atoms with Gasteiger partial charge in [-0.1, -0.05) is 64.7 Å². The van der Waals surface area contributed by atoms with Gasteiger partial charge in [0.05, 0.1) is 6.54 Å². The molecule has 118 valence electrons. The molecule has 0 aliphatic rings. The van der Waals surface area contributed by atoms with E-state index in [1.165, 1.54) is 31.2 Å². The first kappa shape index (κ1) is 17.5. The average Bonchev–Trinajstić information content (AvgIpc) is 2.49. The molecule has 0 aromatic heterocycles. The summed E-state index contributed by atoms with van der Waals surface area (Å²) >= 11 is 0. The van der Waals surface area contributed by atoms with E-state index in [-0.39, 0.29) is 5.91 Å². The Morgan fingerprint density at radius 3 is 2.52 bits per heavy atom. The molecule has 1 aromatic carbocycles. The molecule has 0 atom stereocenters. The first-order chi connectivity index (χ1) is 10.1. The third-order valence-corrected chi connectivity index (χ3v) is 3.62. The van der Waals surface area contributed by atoms with E-state index in [1.807, 2.05) is 18.2 Å². The smallest absolute Gasteiger partial charge is 0.239 e. The van der Waals surface area contributed by atoms with Gasteiger partial charge in [-0.15, -0.1) is 0 Å². The van der Waals surface area contributed by atoms with Gasteiger partial charge in [0.1, 0.15) is 0 Å². The van der Waals surface area contributed by atoms with Crippen LogP contribution >= 0.6 is 0 Å². The highest BCUT2D eigenvalue weighted by Gasteiger charge is 2.06. The van der Waals surface area contributed by atoms with Crippen LogP contribution in [-0.2, 0) is 4.79 Å². The summed E-state index contributed by atoms with van der Waals surface area (Å²) in [5, 5.41) is 6.22. The largest absolute Gasteiger partial charge is 0.376 e. The van der Waals surface area contributed by atoms with E-state index in [9.17, 15) is 4.79 Å². The van der Waals surface area contributed by atoms with Crippen LogP contribution in [-0.4, -0.2) is 19.0 Å². The average molecular weight is 290 g/mol. The Balaban J connectivity index is 2.24. The van der Waals surface area contributed by atoms with Crippen molar-refractivity contribution in [1.82, 2.24) is 5.32 Å². The Labute approximate surface area is 129 Å². The fourth-order valence-electron chi connectivity index (χ4n) is 2.36. The minimum atomic E-state index is 0.0732. The molecule has 1 amide bonds. The SMILES string of the molecule is CCCCCCCNC(=O)CNc1ccccc1C(C)C. The molecule has 21 heavy (non-hydrogen) atoms. The Morgan fingerprint density at radius 2 is 1.81 bits per heavy atom. The number of nitrogens with one attached hydrogen (secondary N) is 2. The Bertz CT molecular complexity index is 415. The van der Waals surface area contributed by atoms with Gasteiger partial charge in [-0.2, -0.15) is 0 Å². The molecule has 0 aliphatic carbocycles. The summed E-state index contributed by atoms with van der Waals surface area (Å²) in [4.78, 5) is 11.8. The number of hydrogen-bond acceptors (Lipinski definition) is 2. The fraction of sp³-hybridized carbons (Fsp3) is 0.611. The van der Waals surface area contributed by atoms with Gasteiger partial charge in [0.2, 0.25) is 5.91 Å². The van der Waals surface area contributed by atoms with Crippen LogP contribution in [0.3, 0.4) is 0 Å². The predicted octanol–water partition coefficient (Wildman–Crippen LogP) is 4.31. The number of hydrogen-bond donors (Lipinski definition) is 2. The molecule has 2 N–H and O–H groups in total. The molecule has 0 saturated carbocycles. The zero-order chi connectivity index (χ0) is 15.5. The van der Waals surface area contributed by atoms with Crippen molar-refractivity contribution in [3.05, 3.63) is 29.8 Å². The summed E-state index contributed by atoms with van der Waals surface area (Å²) in [5.74, 6) is 0.527. The maximum absolute atomic E-state index is 11.8. The van der Waals surface area contributed by atoms with E-state index in [0.717, 1.165) is 18.7 Å². The van der Waals surface area contributed by atoms with Crippen molar-refractivity contribution < 1.29 is 4.79 Å². The van der Waals surface area contributed by atoms with Gasteiger partial charge in [-0.05, 0) is 24.0 Å². The van der Waals surface area contributed by atoms with Crippen molar-refractivity contribution in [3.8, 4) is 0 Å². The Morgan fingerprint density at radius 1 is 1.10 bits per heavy atom. The normalized spacial score (nSPS) is 10.7. The predicted molar refractivity (Wildman–Crippen MR) is 90.8 cm³/mol. The van der Waals surface area contributed by atoms with E-state index < -0.39 is 0 Å². The lowest BCUT2D eigenvalue weighted by Gasteiger charge is -2.14. The van der Waals surface area contributed by atoms with Crippen molar-refractivity contribution in [2.75, 3.05) is 18.4 Å². The fourth-order valence-corrected chi connectivity index (χ4v) is 2.36.